The summed E-state index contributed by atoms with van der Waals surface area (Å²) in [4.78, 5) is 5.83. The van der Waals surface area contributed by atoms with E-state index in [0.717, 1.165) is 19.6 Å². The van der Waals surface area contributed by atoms with Gasteiger partial charge < -0.3 is 9.88 Å². The van der Waals surface area contributed by atoms with Crippen molar-refractivity contribution in [2.45, 2.75) is 39.8 Å². The zero-order chi connectivity index (χ0) is 13.0. The summed E-state index contributed by atoms with van der Waals surface area (Å²) in [5.41, 5.74) is 1.39. The van der Waals surface area contributed by atoms with Crippen molar-refractivity contribution in [1.82, 2.24) is 14.9 Å². The minimum atomic E-state index is 0.486. The Morgan fingerprint density at radius 1 is 1.44 bits per heavy atom. The molecule has 2 rings (SSSR count). The van der Waals surface area contributed by atoms with E-state index in [4.69, 9.17) is 0 Å². The minimum absolute atomic E-state index is 0.486. The van der Waals surface area contributed by atoms with Crippen molar-refractivity contribution >= 4 is 11.3 Å². The average Bonchev–Trinajstić information content (AvgIpc) is 2.94. The molecule has 0 radical (unpaired) electrons. The number of thiophene rings is 1. The third-order valence-corrected chi connectivity index (χ3v) is 4.07. The summed E-state index contributed by atoms with van der Waals surface area (Å²) in [7, 11) is 0. The first-order valence-electron chi connectivity index (χ1n) is 6.43. The highest BCUT2D eigenvalue weighted by Gasteiger charge is 2.06. The molecule has 1 N–H and O–H groups in total. The summed E-state index contributed by atoms with van der Waals surface area (Å²) >= 11 is 1.82. The molecule has 18 heavy (non-hydrogen) atoms. The van der Waals surface area contributed by atoms with Gasteiger partial charge in [0.2, 0.25) is 0 Å². The zero-order valence-electron chi connectivity index (χ0n) is 11.3. The maximum atomic E-state index is 4.40. The Hall–Kier alpha value is -1.13. The van der Waals surface area contributed by atoms with Crippen LogP contribution in [0, 0.1) is 6.92 Å². The number of hydrogen-bond donors (Lipinski definition) is 1. The van der Waals surface area contributed by atoms with Gasteiger partial charge in [-0.05, 0) is 23.9 Å². The average molecular weight is 263 g/mol. The van der Waals surface area contributed by atoms with Crippen LogP contribution in [0.15, 0.2) is 23.8 Å². The molecule has 0 amide bonds. The van der Waals surface area contributed by atoms with Gasteiger partial charge in [-0.1, -0.05) is 13.8 Å². The second kappa shape index (κ2) is 6.16. The second-order valence-corrected chi connectivity index (χ2v) is 5.84. The lowest BCUT2D eigenvalue weighted by molar-refractivity contribution is 0.567. The normalized spacial score (nSPS) is 11.3. The molecule has 0 aromatic carbocycles. The van der Waals surface area contributed by atoms with E-state index in [9.17, 15) is 0 Å². The molecule has 2 aromatic rings. The lowest BCUT2D eigenvalue weighted by atomic mass is 10.2. The molecule has 4 heteroatoms. The predicted molar refractivity (Wildman–Crippen MR) is 77.1 cm³/mol. The molecule has 0 aliphatic carbocycles. The van der Waals surface area contributed by atoms with Gasteiger partial charge in [-0.2, -0.15) is 0 Å². The van der Waals surface area contributed by atoms with Crippen molar-refractivity contribution in [3.8, 4) is 0 Å². The molecule has 0 unspecified atom stereocenters. The van der Waals surface area contributed by atoms with Gasteiger partial charge >= 0.3 is 0 Å². The van der Waals surface area contributed by atoms with E-state index < -0.39 is 0 Å². The third kappa shape index (κ3) is 3.21. The second-order valence-electron chi connectivity index (χ2n) is 4.84. The van der Waals surface area contributed by atoms with Crippen molar-refractivity contribution in [2.75, 3.05) is 6.54 Å². The summed E-state index contributed by atoms with van der Waals surface area (Å²) in [6, 6.07) is 2.18. The summed E-state index contributed by atoms with van der Waals surface area (Å²) in [6.45, 7) is 9.46. The lowest BCUT2D eigenvalue weighted by Gasteiger charge is -2.10. The molecular formula is C14H21N3S. The van der Waals surface area contributed by atoms with Gasteiger partial charge in [0.1, 0.15) is 5.82 Å². The van der Waals surface area contributed by atoms with Crippen LogP contribution in [-0.4, -0.2) is 16.1 Å². The molecule has 2 aromatic heterocycles. The van der Waals surface area contributed by atoms with Crippen molar-refractivity contribution in [3.05, 3.63) is 40.1 Å². The van der Waals surface area contributed by atoms with Crippen molar-refractivity contribution in [2.24, 2.45) is 0 Å². The molecule has 3 nitrogen and oxygen atoms in total. The Morgan fingerprint density at radius 2 is 2.28 bits per heavy atom. The Kier molecular flexibility index (Phi) is 4.55. The Bertz CT molecular complexity index is 485. The summed E-state index contributed by atoms with van der Waals surface area (Å²) in [5, 5.41) is 5.65. The van der Waals surface area contributed by atoms with Gasteiger partial charge in [0.05, 0.1) is 0 Å². The molecule has 0 atom stereocenters. The van der Waals surface area contributed by atoms with Crippen molar-refractivity contribution in [3.63, 3.8) is 0 Å². The molecule has 0 saturated carbocycles. The van der Waals surface area contributed by atoms with Crippen LogP contribution in [-0.2, 0) is 13.1 Å². The van der Waals surface area contributed by atoms with Crippen LogP contribution in [0.3, 0.4) is 0 Å². The summed E-state index contributed by atoms with van der Waals surface area (Å²) in [6.07, 6.45) is 3.95. The molecule has 0 aliphatic rings. The van der Waals surface area contributed by atoms with Crippen LogP contribution < -0.4 is 5.32 Å². The van der Waals surface area contributed by atoms with Crippen LogP contribution in [0.4, 0.5) is 0 Å². The monoisotopic (exact) mass is 263 g/mol. The Labute approximate surface area is 113 Å². The number of nitrogens with one attached hydrogen (secondary N) is 1. The number of nitrogens with zero attached hydrogens (tertiary/aromatic N) is 2. The maximum Gasteiger partial charge on any atom is 0.111 e. The first-order chi connectivity index (χ1) is 8.68. The molecule has 0 fully saturated rings. The Morgan fingerprint density at radius 3 is 2.94 bits per heavy atom. The Balaban J connectivity index is 1.79. The molecular weight excluding hydrogens is 242 g/mol. The number of aryl methyl sites for hydroxylation is 1. The zero-order valence-corrected chi connectivity index (χ0v) is 12.1. The van der Waals surface area contributed by atoms with E-state index >= 15 is 0 Å². The number of rotatable bonds is 6. The largest absolute Gasteiger partial charge is 0.333 e. The fraction of sp³-hybridized carbons (Fsp3) is 0.500. The number of hydrogen-bond acceptors (Lipinski definition) is 3. The van der Waals surface area contributed by atoms with Gasteiger partial charge in [-0.15, -0.1) is 11.3 Å². The molecule has 98 valence electrons. The standard InChI is InChI=1S/C14H21N3S/c1-11(2)14-16-6-8-17(14)7-5-15-10-13-12(3)4-9-18-13/h4,6,8-9,11,15H,5,7,10H2,1-3H3. The molecule has 0 aliphatic heterocycles. The molecule has 2 heterocycles. The molecule has 0 bridgehead atoms. The van der Waals surface area contributed by atoms with E-state index in [2.05, 4.69) is 53.3 Å². The molecule has 0 spiro atoms. The smallest absolute Gasteiger partial charge is 0.111 e. The van der Waals surface area contributed by atoms with E-state index in [1.54, 1.807) is 0 Å². The van der Waals surface area contributed by atoms with Gasteiger partial charge in [-0.3, -0.25) is 0 Å². The fourth-order valence-corrected chi connectivity index (χ4v) is 2.87. The van der Waals surface area contributed by atoms with E-state index in [-0.39, 0.29) is 0 Å². The van der Waals surface area contributed by atoms with Gasteiger partial charge in [0, 0.05) is 42.8 Å². The van der Waals surface area contributed by atoms with E-state index in [1.165, 1.54) is 16.3 Å². The maximum absolute atomic E-state index is 4.40. The fourth-order valence-electron chi connectivity index (χ4n) is 2.00. The van der Waals surface area contributed by atoms with E-state index in [0.29, 0.717) is 5.92 Å². The highest BCUT2D eigenvalue weighted by atomic mass is 32.1. The van der Waals surface area contributed by atoms with Crippen LogP contribution in [0.2, 0.25) is 0 Å². The first kappa shape index (κ1) is 13.3. The lowest BCUT2D eigenvalue weighted by Crippen LogP contribution is -2.20. The topological polar surface area (TPSA) is 29.9 Å². The number of imidazole rings is 1. The SMILES string of the molecule is Cc1ccsc1CNCCn1ccnc1C(C)C. The highest BCUT2D eigenvalue weighted by Crippen LogP contribution is 2.15. The van der Waals surface area contributed by atoms with Crippen LogP contribution in [0.5, 0.6) is 0 Å². The molecule has 0 saturated heterocycles. The first-order valence-corrected chi connectivity index (χ1v) is 7.31. The predicted octanol–water partition coefficient (Wildman–Crippen LogP) is 3.17. The van der Waals surface area contributed by atoms with Crippen LogP contribution >= 0.6 is 11.3 Å². The van der Waals surface area contributed by atoms with Gasteiger partial charge in [0.25, 0.3) is 0 Å². The highest BCUT2D eigenvalue weighted by molar-refractivity contribution is 7.10. The minimum Gasteiger partial charge on any atom is -0.333 e. The van der Waals surface area contributed by atoms with Crippen LogP contribution in [0.25, 0.3) is 0 Å². The summed E-state index contributed by atoms with van der Waals surface area (Å²) < 4.78 is 2.24. The quantitative estimate of drug-likeness (QED) is 0.811. The van der Waals surface area contributed by atoms with E-state index in [1.807, 2.05) is 17.5 Å². The third-order valence-electron chi connectivity index (χ3n) is 3.05. The van der Waals surface area contributed by atoms with Gasteiger partial charge in [0.15, 0.2) is 0 Å². The van der Waals surface area contributed by atoms with Crippen LogP contribution in [0.1, 0.15) is 36.0 Å². The van der Waals surface area contributed by atoms with Gasteiger partial charge in [-0.25, -0.2) is 4.98 Å². The number of aromatic nitrogens is 2. The van der Waals surface area contributed by atoms with Crippen molar-refractivity contribution < 1.29 is 0 Å². The summed E-state index contributed by atoms with van der Waals surface area (Å²) in [5.74, 6) is 1.66. The van der Waals surface area contributed by atoms with Crippen molar-refractivity contribution in [1.29, 1.82) is 0 Å².